The van der Waals surface area contributed by atoms with E-state index in [2.05, 4.69) is 5.32 Å². The summed E-state index contributed by atoms with van der Waals surface area (Å²) in [6.45, 7) is 13.2. The first-order valence-electron chi connectivity index (χ1n) is 12.0. The predicted molar refractivity (Wildman–Crippen MR) is 125 cm³/mol. The molecule has 0 atom stereocenters. The highest BCUT2D eigenvalue weighted by atomic mass is 16.6. The van der Waals surface area contributed by atoms with Crippen LogP contribution in [0.1, 0.15) is 20.3 Å². The molecular weight excluding hydrogens is 434 g/mol. The average Bonchev–Trinajstić information content (AvgIpc) is 2.81. The zero-order valence-electron chi connectivity index (χ0n) is 21.0. The number of rotatable bonds is 28. The van der Waals surface area contributed by atoms with Crippen LogP contribution in [0.4, 0.5) is 0 Å². The van der Waals surface area contributed by atoms with Gasteiger partial charge in [0.2, 0.25) is 0 Å². The van der Waals surface area contributed by atoms with E-state index in [0.717, 1.165) is 6.54 Å². The molecule has 0 aliphatic rings. The minimum absolute atomic E-state index is 0.0683. The summed E-state index contributed by atoms with van der Waals surface area (Å²) < 4.78 is 43.2. The van der Waals surface area contributed by atoms with Crippen molar-refractivity contribution in [2.75, 3.05) is 119 Å². The van der Waals surface area contributed by atoms with E-state index in [1.54, 1.807) is 0 Å². The van der Waals surface area contributed by atoms with E-state index in [0.29, 0.717) is 112 Å². The molecule has 0 saturated heterocycles. The molecule has 0 aromatic carbocycles. The molecule has 10 heteroatoms. The van der Waals surface area contributed by atoms with E-state index in [9.17, 15) is 4.79 Å². The van der Waals surface area contributed by atoms with Gasteiger partial charge in [-0.05, 0) is 7.05 Å². The first kappa shape index (κ1) is 32.3. The minimum atomic E-state index is 0.0683. The molecule has 0 aliphatic carbocycles. The second kappa shape index (κ2) is 27.6. The summed E-state index contributed by atoms with van der Waals surface area (Å²) in [7, 11) is 1.89. The highest BCUT2D eigenvalue weighted by Gasteiger charge is 2.06. The zero-order chi connectivity index (χ0) is 24.2. The Bertz CT molecular complexity index is 400. The third-order valence-corrected chi connectivity index (χ3v) is 4.24. The van der Waals surface area contributed by atoms with E-state index < -0.39 is 0 Å². The molecule has 0 bridgehead atoms. The van der Waals surface area contributed by atoms with Crippen molar-refractivity contribution in [1.82, 2.24) is 5.32 Å². The molecule has 0 unspecified atom stereocenters. The van der Waals surface area contributed by atoms with Crippen LogP contribution in [0.3, 0.4) is 0 Å². The Kier molecular flexibility index (Phi) is 27.0. The largest absolute Gasteiger partial charge is 0.379 e. The summed E-state index contributed by atoms with van der Waals surface area (Å²) in [5.74, 6) is 0.293. The molecule has 0 spiro atoms. The lowest BCUT2D eigenvalue weighted by Crippen LogP contribution is -2.17. The lowest BCUT2D eigenvalue weighted by molar-refractivity contribution is -0.123. The fourth-order valence-electron chi connectivity index (χ4n) is 2.28. The molecule has 0 amide bonds. The maximum Gasteiger partial charge on any atom is 0.137 e. The van der Waals surface area contributed by atoms with Gasteiger partial charge in [0.15, 0.2) is 0 Å². The molecule has 10 nitrogen and oxygen atoms in total. The van der Waals surface area contributed by atoms with Gasteiger partial charge in [-0.25, -0.2) is 0 Å². The van der Waals surface area contributed by atoms with Gasteiger partial charge in [0, 0.05) is 18.9 Å². The van der Waals surface area contributed by atoms with Crippen molar-refractivity contribution in [1.29, 1.82) is 0 Å². The highest BCUT2D eigenvalue weighted by molar-refractivity contribution is 5.80. The number of ether oxygens (including phenoxy) is 8. The number of carbonyl (C=O) groups excluding carboxylic acids is 1. The molecule has 0 aliphatic heterocycles. The second-order valence-electron chi connectivity index (χ2n) is 7.37. The fraction of sp³-hybridized carbons (Fsp3) is 0.957. The third-order valence-electron chi connectivity index (χ3n) is 4.24. The molecular formula is C23H47NO9. The van der Waals surface area contributed by atoms with Gasteiger partial charge >= 0.3 is 0 Å². The molecule has 0 fully saturated rings. The lowest BCUT2D eigenvalue weighted by Gasteiger charge is -2.09. The van der Waals surface area contributed by atoms with Gasteiger partial charge in [-0.1, -0.05) is 13.8 Å². The second-order valence-corrected chi connectivity index (χ2v) is 7.37. The normalized spacial score (nSPS) is 11.5. The van der Waals surface area contributed by atoms with E-state index in [1.807, 2.05) is 20.9 Å². The molecule has 33 heavy (non-hydrogen) atoms. The summed E-state index contributed by atoms with van der Waals surface area (Å²) in [5.41, 5.74) is 0. The van der Waals surface area contributed by atoms with Gasteiger partial charge in [-0.15, -0.1) is 0 Å². The summed E-state index contributed by atoms with van der Waals surface area (Å²) >= 11 is 0. The molecule has 198 valence electrons. The summed E-state index contributed by atoms with van der Waals surface area (Å²) in [6.07, 6.45) is 0.462. The zero-order valence-corrected chi connectivity index (χ0v) is 21.0. The summed E-state index contributed by atoms with van der Waals surface area (Å²) in [4.78, 5) is 11.4. The number of Topliss-reactive ketones (excluding diaryl/α,β-unsaturated/α-hetero) is 1. The Labute approximate surface area is 199 Å². The van der Waals surface area contributed by atoms with Crippen LogP contribution < -0.4 is 5.32 Å². The van der Waals surface area contributed by atoms with Crippen molar-refractivity contribution in [3.63, 3.8) is 0 Å². The average molecular weight is 482 g/mol. The van der Waals surface area contributed by atoms with Crippen molar-refractivity contribution in [3.8, 4) is 0 Å². The number of ketones is 1. The number of hydrogen-bond donors (Lipinski definition) is 1. The van der Waals surface area contributed by atoms with E-state index in [4.69, 9.17) is 37.9 Å². The smallest absolute Gasteiger partial charge is 0.137 e. The van der Waals surface area contributed by atoms with Crippen molar-refractivity contribution in [3.05, 3.63) is 0 Å². The van der Waals surface area contributed by atoms with Crippen molar-refractivity contribution >= 4 is 5.78 Å². The Morgan fingerprint density at radius 3 is 1.06 bits per heavy atom. The number of hydrogen-bond acceptors (Lipinski definition) is 10. The van der Waals surface area contributed by atoms with Gasteiger partial charge in [0.05, 0.1) is 106 Å². The van der Waals surface area contributed by atoms with Crippen LogP contribution in [0.5, 0.6) is 0 Å². The number of likely N-dealkylation sites (N-methyl/N-ethyl adjacent to an activating group) is 1. The van der Waals surface area contributed by atoms with Crippen LogP contribution >= 0.6 is 0 Å². The van der Waals surface area contributed by atoms with Gasteiger partial charge in [-0.2, -0.15) is 0 Å². The molecule has 0 aromatic rings. The van der Waals surface area contributed by atoms with E-state index in [1.165, 1.54) is 0 Å². The van der Waals surface area contributed by atoms with Crippen LogP contribution in [0.15, 0.2) is 0 Å². The van der Waals surface area contributed by atoms with Crippen LogP contribution in [-0.2, 0) is 42.7 Å². The first-order chi connectivity index (χ1) is 16.2. The van der Waals surface area contributed by atoms with Crippen LogP contribution in [0, 0.1) is 5.92 Å². The van der Waals surface area contributed by atoms with Gasteiger partial charge in [-0.3, -0.25) is 4.79 Å². The van der Waals surface area contributed by atoms with Crippen LogP contribution in [-0.4, -0.2) is 125 Å². The summed E-state index contributed by atoms with van der Waals surface area (Å²) in [5, 5.41) is 3.01. The lowest BCUT2D eigenvalue weighted by atomic mass is 10.1. The van der Waals surface area contributed by atoms with Gasteiger partial charge in [0.25, 0.3) is 0 Å². The van der Waals surface area contributed by atoms with Crippen LogP contribution in [0.2, 0.25) is 0 Å². The maximum atomic E-state index is 11.4. The predicted octanol–water partition coefficient (Wildman–Crippen LogP) is 0.954. The topological polar surface area (TPSA) is 103 Å². The fourth-order valence-corrected chi connectivity index (χ4v) is 2.28. The van der Waals surface area contributed by atoms with Crippen molar-refractivity contribution in [2.24, 2.45) is 5.92 Å². The van der Waals surface area contributed by atoms with Crippen molar-refractivity contribution in [2.45, 2.75) is 20.3 Å². The monoisotopic (exact) mass is 481 g/mol. The first-order valence-corrected chi connectivity index (χ1v) is 12.0. The molecule has 0 rings (SSSR count). The van der Waals surface area contributed by atoms with E-state index in [-0.39, 0.29) is 11.7 Å². The standard InChI is InChI=1S/C23H47NO9/c1-22(2)23(25)4-6-26-8-10-28-12-14-30-16-18-32-20-21-33-19-17-31-15-13-29-11-9-27-7-5-24-3/h22,24H,4-21H2,1-3H3. The molecule has 1 N–H and O–H groups in total. The maximum absolute atomic E-state index is 11.4. The van der Waals surface area contributed by atoms with Crippen LogP contribution in [0.25, 0.3) is 0 Å². The molecule has 0 aromatic heterocycles. The Balaban J connectivity index is 3.05. The summed E-state index contributed by atoms with van der Waals surface area (Å²) in [6, 6.07) is 0. The van der Waals surface area contributed by atoms with Crippen molar-refractivity contribution < 1.29 is 42.7 Å². The highest BCUT2D eigenvalue weighted by Crippen LogP contribution is 1.98. The minimum Gasteiger partial charge on any atom is -0.379 e. The molecule has 0 heterocycles. The SMILES string of the molecule is CNCCOCCOCCOCCOCCOCCOCCOCCOCCC(=O)C(C)C. The van der Waals surface area contributed by atoms with E-state index >= 15 is 0 Å². The number of nitrogens with one attached hydrogen (secondary N) is 1. The third kappa shape index (κ3) is 27.4. The van der Waals surface area contributed by atoms with Gasteiger partial charge in [0.1, 0.15) is 5.78 Å². The Morgan fingerprint density at radius 2 is 0.788 bits per heavy atom. The number of carbonyl (C=O) groups is 1. The molecule has 0 saturated carbocycles. The molecule has 0 radical (unpaired) electrons. The quantitative estimate of drug-likeness (QED) is 0.163. The Hall–Kier alpha value is -0.690. The Morgan fingerprint density at radius 1 is 0.515 bits per heavy atom. The van der Waals surface area contributed by atoms with Gasteiger partial charge < -0.3 is 43.2 Å².